The predicted octanol–water partition coefficient (Wildman–Crippen LogP) is 5.53. The number of nitrogens with zero attached hydrogens (tertiary/aromatic N) is 6. The Bertz CT molecular complexity index is 1770. The summed E-state index contributed by atoms with van der Waals surface area (Å²) < 4.78 is 22.9. The number of aliphatic hydroxyl groups is 1. The van der Waals surface area contributed by atoms with Crippen molar-refractivity contribution in [3.8, 4) is 23.0 Å². The number of imidazole rings is 1. The van der Waals surface area contributed by atoms with Gasteiger partial charge in [-0.05, 0) is 69.9 Å². The van der Waals surface area contributed by atoms with E-state index >= 15 is 4.39 Å². The van der Waals surface area contributed by atoms with Gasteiger partial charge in [0.2, 0.25) is 0 Å². The number of carbonyl (C=O) groups excluding carboxylic acids is 1. The Hall–Kier alpha value is -4.35. The van der Waals surface area contributed by atoms with Crippen LogP contribution in [0.5, 0.6) is 5.75 Å². The van der Waals surface area contributed by atoms with Gasteiger partial charge in [-0.25, -0.2) is 14.4 Å². The molecule has 2 N–H and O–H groups in total. The Morgan fingerprint density at radius 2 is 1.95 bits per heavy atom. The van der Waals surface area contributed by atoms with Gasteiger partial charge in [-0.3, -0.25) is 4.79 Å². The Morgan fingerprint density at radius 1 is 1.16 bits per heavy atom. The van der Waals surface area contributed by atoms with E-state index in [0.717, 1.165) is 24.8 Å². The van der Waals surface area contributed by atoms with Gasteiger partial charge in [0.25, 0.3) is 5.91 Å². The van der Waals surface area contributed by atoms with Crippen LogP contribution in [-0.4, -0.2) is 58.8 Å². The van der Waals surface area contributed by atoms with Gasteiger partial charge in [0.05, 0.1) is 40.8 Å². The first kappa shape index (κ1) is 28.8. The molecule has 1 fully saturated rings. The molecule has 43 heavy (non-hydrogen) atoms. The highest BCUT2D eigenvalue weighted by Crippen LogP contribution is 2.37. The molecule has 0 radical (unpaired) electrons. The third-order valence-corrected chi connectivity index (χ3v) is 7.65. The highest BCUT2D eigenvalue weighted by Gasteiger charge is 2.30. The standard InChI is InChI=1S/C31H31ClFN7O3/c1-31(2,42)18-43-27-11-10-19(32)14-23(27)30(41)37-20-6-5-7-21(15-20)39-26-16-28(40-35-12-13-36-40)34-17-25(26)38-29(39)22-8-3-4-9-24(22)33/h3-4,8-14,16-17,20-21,42H,5-7,15,18H2,1-2H3,(H,37,41)/t20-,21+/m0/s1. The first-order chi connectivity index (χ1) is 20.7. The minimum absolute atomic E-state index is 0.0117. The second-order valence-corrected chi connectivity index (χ2v) is 11.8. The zero-order valence-electron chi connectivity index (χ0n) is 23.7. The SMILES string of the molecule is CC(C)(O)COc1ccc(Cl)cc1C(=O)N[C@H]1CCC[C@@H](n2c(-c3ccccc3F)nc3cnc(-n4nccn4)cc32)C1. The molecule has 0 unspecified atom stereocenters. The molecular formula is C31H31ClFN7O3. The fourth-order valence-electron chi connectivity index (χ4n) is 5.49. The number of amides is 1. The second-order valence-electron chi connectivity index (χ2n) is 11.4. The van der Waals surface area contributed by atoms with Crippen LogP contribution in [-0.2, 0) is 0 Å². The summed E-state index contributed by atoms with van der Waals surface area (Å²) in [5.41, 5.74) is 0.996. The summed E-state index contributed by atoms with van der Waals surface area (Å²) in [6, 6.07) is 13.0. The number of rotatable bonds is 8. The van der Waals surface area contributed by atoms with Crippen molar-refractivity contribution >= 4 is 28.5 Å². The fourth-order valence-corrected chi connectivity index (χ4v) is 5.66. The molecular weight excluding hydrogens is 573 g/mol. The van der Waals surface area contributed by atoms with Crippen molar-refractivity contribution in [2.75, 3.05) is 6.61 Å². The van der Waals surface area contributed by atoms with Crippen molar-refractivity contribution in [3.63, 3.8) is 0 Å². The summed E-state index contributed by atoms with van der Waals surface area (Å²) in [4.78, 5) is 24.2. The molecule has 1 aliphatic rings. The molecule has 2 aromatic carbocycles. The maximum absolute atomic E-state index is 15.1. The zero-order chi connectivity index (χ0) is 30.1. The highest BCUT2D eigenvalue weighted by molar-refractivity contribution is 6.31. The molecule has 0 bridgehead atoms. The summed E-state index contributed by atoms with van der Waals surface area (Å²) in [5.74, 6) is 0.653. The molecule has 0 saturated heterocycles. The van der Waals surface area contributed by atoms with Crippen LogP contribution >= 0.6 is 11.6 Å². The van der Waals surface area contributed by atoms with E-state index < -0.39 is 5.60 Å². The van der Waals surface area contributed by atoms with Crippen LogP contribution in [0.25, 0.3) is 28.2 Å². The highest BCUT2D eigenvalue weighted by atomic mass is 35.5. The second kappa shape index (κ2) is 11.7. The molecule has 6 rings (SSSR count). The van der Waals surface area contributed by atoms with Crippen LogP contribution in [0, 0.1) is 5.82 Å². The average molecular weight is 604 g/mol. The van der Waals surface area contributed by atoms with Crippen molar-refractivity contribution in [3.05, 3.63) is 83.5 Å². The van der Waals surface area contributed by atoms with Crippen LogP contribution in [0.4, 0.5) is 4.39 Å². The molecule has 1 amide bonds. The molecule has 1 aliphatic carbocycles. The monoisotopic (exact) mass is 603 g/mol. The number of pyridine rings is 1. The number of halogens is 2. The van der Waals surface area contributed by atoms with E-state index in [9.17, 15) is 9.90 Å². The van der Waals surface area contributed by atoms with E-state index in [2.05, 4.69) is 25.1 Å². The van der Waals surface area contributed by atoms with Crippen molar-refractivity contribution in [2.24, 2.45) is 0 Å². The predicted molar refractivity (Wildman–Crippen MR) is 160 cm³/mol. The van der Waals surface area contributed by atoms with Gasteiger partial charge in [-0.2, -0.15) is 10.2 Å². The van der Waals surface area contributed by atoms with Crippen molar-refractivity contribution < 1.29 is 19.0 Å². The number of ether oxygens (including phenoxy) is 1. The van der Waals surface area contributed by atoms with Crippen LogP contribution in [0.2, 0.25) is 5.02 Å². The van der Waals surface area contributed by atoms with Gasteiger partial charge in [-0.1, -0.05) is 23.7 Å². The average Bonchev–Trinajstić information content (AvgIpc) is 3.65. The molecule has 0 aliphatic heterocycles. The van der Waals surface area contributed by atoms with E-state index in [0.29, 0.717) is 45.5 Å². The number of hydrogen-bond acceptors (Lipinski definition) is 7. The molecule has 3 aromatic heterocycles. The van der Waals surface area contributed by atoms with Gasteiger partial charge in [-0.15, -0.1) is 4.80 Å². The molecule has 5 aromatic rings. The Balaban J connectivity index is 1.33. The van der Waals surface area contributed by atoms with E-state index in [1.807, 2.05) is 6.07 Å². The Kier molecular flexibility index (Phi) is 7.85. The zero-order valence-corrected chi connectivity index (χ0v) is 24.5. The molecule has 10 nitrogen and oxygen atoms in total. The summed E-state index contributed by atoms with van der Waals surface area (Å²) in [6.07, 6.45) is 7.81. The maximum Gasteiger partial charge on any atom is 0.255 e. The van der Waals surface area contributed by atoms with Crippen LogP contribution in [0.1, 0.15) is 55.9 Å². The Labute approximate surface area is 252 Å². The van der Waals surface area contributed by atoms with Crippen LogP contribution in [0.3, 0.4) is 0 Å². The number of fused-ring (bicyclic) bond motifs is 1. The van der Waals surface area contributed by atoms with Crippen molar-refractivity contribution in [1.82, 2.24) is 34.8 Å². The van der Waals surface area contributed by atoms with Crippen molar-refractivity contribution in [1.29, 1.82) is 0 Å². The molecule has 2 atom stereocenters. The normalized spacial score (nSPS) is 17.2. The number of aromatic nitrogens is 6. The molecule has 12 heteroatoms. The van der Waals surface area contributed by atoms with Crippen LogP contribution in [0.15, 0.2) is 67.1 Å². The van der Waals surface area contributed by atoms with Gasteiger partial charge >= 0.3 is 0 Å². The number of carbonyl (C=O) groups is 1. The van der Waals surface area contributed by atoms with E-state index in [1.165, 1.54) is 10.9 Å². The number of benzene rings is 2. The fraction of sp³-hybridized carbons (Fsp3) is 0.323. The topological polar surface area (TPSA) is 120 Å². The smallest absolute Gasteiger partial charge is 0.255 e. The lowest BCUT2D eigenvalue weighted by atomic mass is 9.90. The van der Waals surface area contributed by atoms with E-state index in [4.69, 9.17) is 21.3 Å². The lowest BCUT2D eigenvalue weighted by Crippen LogP contribution is -2.39. The number of hydrogen-bond donors (Lipinski definition) is 2. The first-order valence-corrected chi connectivity index (χ1v) is 14.5. The molecule has 3 heterocycles. The largest absolute Gasteiger partial charge is 0.490 e. The lowest BCUT2D eigenvalue weighted by Gasteiger charge is -2.32. The quantitative estimate of drug-likeness (QED) is 0.239. The third-order valence-electron chi connectivity index (χ3n) is 7.41. The minimum atomic E-state index is -1.07. The minimum Gasteiger partial charge on any atom is -0.490 e. The van der Waals surface area contributed by atoms with Gasteiger partial charge < -0.3 is 19.7 Å². The molecule has 222 valence electrons. The van der Waals surface area contributed by atoms with E-state index in [1.54, 1.807) is 68.8 Å². The first-order valence-electron chi connectivity index (χ1n) is 14.1. The maximum atomic E-state index is 15.1. The lowest BCUT2D eigenvalue weighted by molar-refractivity contribution is 0.0280. The Morgan fingerprint density at radius 3 is 2.72 bits per heavy atom. The summed E-state index contributed by atoms with van der Waals surface area (Å²) in [7, 11) is 0. The van der Waals surface area contributed by atoms with Crippen LogP contribution < -0.4 is 10.1 Å². The third kappa shape index (κ3) is 6.23. The van der Waals surface area contributed by atoms with Gasteiger partial charge in [0.15, 0.2) is 5.82 Å². The summed E-state index contributed by atoms with van der Waals surface area (Å²) in [6.45, 7) is 3.27. The summed E-state index contributed by atoms with van der Waals surface area (Å²) >= 11 is 6.24. The number of nitrogens with one attached hydrogen (secondary N) is 1. The van der Waals surface area contributed by atoms with Crippen molar-refractivity contribution in [2.45, 2.75) is 57.2 Å². The van der Waals surface area contributed by atoms with Gasteiger partial charge in [0, 0.05) is 23.2 Å². The summed E-state index contributed by atoms with van der Waals surface area (Å²) in [5, 5.41) is 22.1. The van der Waals surface area contributed by atoms with E-state index in [-0.39, 0.29) is 30.4 Å². The molecule has 1 saturated carbocycles. The van der Waals surface area contributed by atoms with Gasteiger partial charge in [0.1, 0.15) is 29.5 Å². The molecule has 0 spiro atoms.